The molecule has 0 unspecified atom stereocenters. The Labute approximate surface area is 156 Å². The van der Waals surface area contributed by atoms with Gasteiger partial charge in [0, 0.05) is 18.2 Å². The van der Waals surface area contributed by atoms with E-state index in [1.807, 2.05) is 48.5 Å². The average Bonchev–Trinajstić information content (AvgIpc) is 3.17. The summed E-state index contributed by atoms with van der Waals surface area (Å²) in [5, 5.41) is 4.81. The Hall–Kier alpha value is -2.37. The largest absolute Gasteiger partial charge is 0.485 e. The lowest BCUT2D eigenvalue weighted by Crippen LogP contribution is -2.35. The maximum absolute atomic E-state index is 6.22. The molecule has 2 heterocycles. The molecule has 2 aromatic carbocycles. The van der Waals surface area contributed by atoms with Gasteiger partial charge in [-0.05, 0) is 42.7 Å². The highest BCUT2D eigenvalue weighted by Gasteiger charge is 2.41. The van der Waals surface area contributed by atoms with Gasteiger partial charge in [0.1, 0.15) is 5.75 Å². The van der Waals surface area contributed by atoms with Crippen molar-refractivity contribution in [2.75, 3.05) is 13.2 Å². The normalized spacial score (nSPS) is 16.3. The van der Waals surface area contributed by atoms with Crippen molar-refractivity contribution in [3.05, 3.63) is 76.9 Å². The molecule has 6 heteroatoms. The van der Waals surface area contributed by atoms with Gasteiger partial charge in [-0.2, -0.15) is 4.98 Å². The molecule has 1 aliphatic rings. The van der Waals surface area contributed by atoms with Crippen LogP contribution in [0.4, 0.5) is 0 Å². The molecule has 1 aliphatic heterocycles. The molecule has 4 rings (SSSR count). The fourth-order valence-corrected chi connectivity index (χ4v) is 3.49. The first-order valence-corrected chi connectivity index (χ1v) is 8.99. The van der Waals surface area contributed by atoms with E-state index in [0.717, 1.165) is 24.2 Å². The molecule has 0 amide bonds. The third-order valence-corrected chi connectivity index (χ3v) is 4.95. The maximum atomic E-state index is 6.22. The third kappa shape index (κ3) is 3.45. The molecule has 0 bridgehead atoms. The zero-order chi connectivity index (χ0) is 17.8. The number of para-hydroxylation sites is 1. The summed E-state index contributed by atoms with van der Waals surface area (Å²) in [5.74, 6) is 1.89. The summed E-state index contributed by atoms with van der Waals surface area (Å²) in [5.41, 5.74) is 0.703. The molecule has 0 spiro atoms. The molecule has 0 N–H and O–H groups in total. The number of rotatable bonds is 5. The number of hydrogen-bond acceptors (Lipinski definition) is 5. The number of benzene rings is 2. The van der Waals surface area contributed by atoms with Crippen LogP contribution in [0.3, 0.4) is 0 Å². The van der Waals surface area contributed by atoms with Gasteiger partial charge < -0.3 is 14.0 Å². The molecule has 26 heavy (non-hydrogen) atoms. The highest BCUT2D eigenvalue weighted by atomic mass is 35.5. The molecule has 0 aliphatic carbocycles. The Kier molecular flexibility index (Phi) is 4.91. The van der Waals surface area contributed by atoms with Crippen molar-refractivity contribution in [3.63, 3.8) is 0 Å². The summed E-state index contributed by atoms with van der Waals surface area (Å²) in [4.78, 5) is 4.63. The first-order valence-electron chi connectivity index (χ1n) is 8.61. The topological polar surface area (TPSA) is 57.4 Å². The molecule has 5 nitrogen and oxygen atoms in total. The molecule has 0 radical (unpaired) electrons. The standard InChI is InChI=1S/C20H19ClN2O3/c21-16-6-4-5-15(13-16)20(9-11-24-12-10-20)19-22-18(23-26-19)14-25-17-7-2-1-3-8-17/h1-8,13H,9-12,14H2. The van der Waals surface area contributed by atoms with E-state index in [-0.39, 0.29) is 12.0 Å². The number of aromatic nitrogens is 2. The van der Waals surface area contributed by atoms with Gasteiger partial charge >= 0.3 is 0 Å². The summed E-state index contributed by atoms with van der Waals surface area (Å²) in [6, 6.07) is 17.4. The molecular formula is C20H19ClN2O3. The second-order valence-corrected chi connectivity index (χ2v) is 6.76. The van der Waals surface area contributed by atoms with E-state index < -0.39 is 0 Å². The summed E-state index contributed by atoms with van der Waals surface area (Å²) in [6.45, 7) is 1.55. The fourth-order valence-electron chi connectivity index (χ4n) is 3.30. The lowest BCUT2D eigenvalue weighted by molar-refractivity contribution is 0.0523. The first-order chi connectivity index (χ1) is 12.8. The molecule has 3 aromatic rings. The van der Waals surface area contributed by atoms with Crippen molar-refractivity contribution in [1.82, 2.24) is 10.1 Å². The van der Waals surface area contributed by atoms with Crippen molar-refractivity contribution < 1.29 is 14.0 Å². The number of hydrogen-bond donors (Lipinski definition) is 0. The minimum Gasteiger partial charge on any atom is -0.485 e. The lowest BCUT2D eigenvalue weighted by atomic mass is 9.74. The van der Waals surface area contributed by atoms with Crippen LogP contribution in [-0.2, 0) is 16.8 Å². The highest BCUT2D eigenvalue weighted by molar-refractivity contribution is 6.30. The van der Waals surface area contributed by atoms with Crippen molar-refractivity contribution in [2.24, 2.45) is 0 Å². The predicted molar refractivity (Wildman–Crippen MR) is 97.4 cm³/mol. The van der Waals surface area contributed by atoms with Gasteiger partial charge in [-0.1, -0.05) is 47.1 Å². The van der Waals surface area contributed by atoms with Gasteiger partial charge in [0.05, 0.1) is 5.41 Å². The zero-order valence-corrected chi connectivity index (χ0v) is 15.0. The van der Waals surface area contributed by atoms with Crippen LogP contribution >= 0.6 is 11.6 Å². The molecule has 1 fully saturated rings. The van der Waals surface area contributed by atoms with Crippen LogP contribution in [-0.4, -0.2) is 23.4 Å². The Balaban J connectivity index is 1.60. The van der Waals surface area contributed by atoms with Gasteiger partial charge in [0.2, 0.25) is 11.7 Å². The molecule has 134 valence electrons. The van der Waals surface area contributed by atoms with Crippen LogP contribution in [0.5, 0.6) is 5.75 Å². The van der Waals surface area contributed by atoms with E-state index in [2.05, 4.69) is 16.2 Å². The SMILES string of the molecule is Clc1cccc(C2(c3nc(COc4ccccc4)no3)CCOCC2)c1. The summed E-state index contributed by atoms with van der Waals surface area (Å²) in [7, 11) is 0. The Morgan fingerprint density at radius 2 is 1.85 bits per heavy atom. The second kappa shape index (κ2) is 7.48. The van der Waals surface area contributed by atoms with Crippen LogP contribution in [0.1, 0.15) is 30.1 Å². The van der Waals surface area contributed by atoms with E-state index in [4.69, 9.17) is 25.6 Å². The van der Waals surface area contributed by atoms with Crippen molar-refractivity contribution >= 4 is 11.6 Å². The number of ether oxygens (including phenoxy) is 2. The third-order valence-electron chi connectivity index (χ3n) is 4.71. The summed E-state index contributed by atoms with van der Waals surface area (Å²) >= 11 is 6.22. The Bertz CT molecular complexity index is 860. The minimum absolute atomic E-state index is 0.260. The van der Waals surface area contributed by atoms with Gasteiger partial charge in [0.15, 0.2) is 6.61 Å². The smallest absolute Gasteiger partial charge is 0.237 e. The van der Waals surface area contributed by atoms with Gasteiger partial charge in [-0.15, -0.1) is 0 Å². The van der Waals surface area contributed by atoms with Crippen LogP contribution < -0.4 is 4.74 Å². The predicted octanol–water partition coefficient (Wildman–Crippen LogP) is 4.40. The van der Waals surface area contributed by atoms with E-state index in [9.17, 15) is 0 Å². The fraction of sp³-hybridized carbons (Fsp3) is 0.300. The van der Waals surface area contributed by atoms with Crippen LogP contribution in [0.25, 0.3) is 0 Å². The van der Waals surface area contributed by atoms with Gasteiger partial charge in [0.25, 0.3) is 0 Å². The average molecular weight is 371 g/mol. The van der Waals surface area contributed by atoms with E-state index >= 15 is 0 Å². The van der Waals surface area contributed by atoms with Crippen LogP contribution in [0.15, 0.2) is 59.1 Å². The van der Waals surface area contributed by atoms with Gasteiger partial charge in [-0.25, -0.2) is 0 Å². The van der Waals surface area contributed by atoms with Crippen LogP contribution in [0, 0.1) is 0 Å². The molecule has 1 saturated heterocycles. The summed E-state index contributed by atoms with van der Waals surface area (Å²) in [6.07, 6.45) is 1.54. The molecule has 0 saturated carbocycles. The lowest BCUT2D eigenvalue weighted by Gasteiger charge is -2.34. The van der Waals surface area contributed by atoms with Crippen molar-refractivity contribution in [3.8, 4) is 5.75 Å². The summed E-state index contributed by atoms with van der Waals surface area (Å²) < 4.78 is 16.9. The molecule has 0 atom stereocenters. The van der Waals surface area contributed by atoms with E-state index in [1.165, 1.54) is 0 Å². The minimum atomic E-state index is -0.374. The zero-order valence-electron chi connectivity index (χ0n) is 14.2. The number of nitrogens with zero attached hydrogens (tertiary/aromatic N) is 2. The van der Waals surface area contributed by atoms with E-state index in [1.54, 1.807) is 0 Å². The monoisotopic (exact) mass is 370 g/mol. The Morgan fingerprint density at radius 1 is 1.04 bits per heavy atom. The van der Waals surface area contributed by atoms with Crippen molar-refractivity contribution in [2.45, 2.75) is 24.9 Å². The van der Waals surface area contributed by atoms with Crippen LogP contribution in [0.2, 0.25) is 5.02 Å². The van der Waals surface area contributed by atoms with Gasteiger partial charge in [-0.3, -0.25) is 0 Å². The molecular weight excluding hydrogens is 352 g/mol. The first kappa shape index (κ1) is 17.1. The number of halogens is 1. The van der Waals surface area contributed by atoms with E-state index in [0.29, 0.717) is 30.0 Å². The molecule has 1 aromatic heterocycles. The Morgan fingerprint density at radius 3 is 2.62 bits per heavy atom. The second-order valence-electron chi connectivity index (χ2n) is 6.32. The maximum Gasteiger partial charge on any atom is 0.237 e. The quantitative estimate of drug-likeness (QED) is 0.666. The van der Waals surface area contributed by atoms with Crippen molar-refractivity contribution in [1.29, 1.82) is 0 Å². The highest BCUT2D eigenvalue weighted by Crippen LogP contribution is 2.41.